The van der Waals surface area contributed by atoms with Gasteiger partial charge in [-0.15, -0.1) is 0 Å². The van der Waals surface area contributed by atoms with Crippen LogP contribution in [0.4, 0.5) is 4.39 Å². The highest BCUT2D eigenvalue weighted by Crippen LogP contribution is 2.35. The van der Waals surface area contributed by atoms with Crippen molar-refractivity contribution in [3.8, 4) is 0 Å². The quantitative estimate of drug-likeness (QED) is 0.715. The second-order valence-electron chi connectivity index (χ2n) is 8.66. The molecule has 1 amide bonds. The average Bonchev–Trinajstić information content (AvgIpc) is 3.15. The molecule has 2 aliphatic rings. The zero-order valence-corrected chi connectivity index (χ0v) is 18.1. The zero-order chi connectivity index (χ0) is 21.3. The van der Waals surface area contributed by atoms with Crippen molar-refractivity contribution >= 4 is 11.6 Å². The third kappa shape index (κ3) is 4.17. The predicted octanol–water partition coefficient (Wildman–Crippen LogP) is 4.99. The van der Waals surface area contributed by atoms with Gasteiger partial charge in [0.2, 0.25) is 0 Å². The molecule has 2 aromatic rings. The third-order valence-corrected chi connectivity index (χ3v) is 6.41. The zero-order valence-electron chi connectivity index (χ0n) is 18.1. The standard InChI is InChI=1S/C25H30FN3O/c1-17-11-12-20(18(2)14-17)24-15-23(21-9-4-5-10-22(21)26)27-29(24)25(30)16-28-13-7-6-8-19(28)3/h4-5,9-12,14,19,24H,6-8,13,15-16H2,1-3H3. The van der Waals surface area contributed by atoms with Crippen molar-refractivity contribution in [3.63, 3.8) is 0 Å². The molecule has 0 saturated carbocycles. The van der Waals surface area contributed by atoms with Gasteiger partial charge in [0, 0.05) is 18.0 Å². The summed E-state index contributed by atoms with van der Waals surface area (Å²) >= 11 is 0. The molecule has 2 aromatic carbocycles. The Labute approximate surface area is 178 Å². The Morgan fingerprint density at radius 2 is 1.97 bits per heavy atom. The molecule has 2 atom stereocenters. The molecule has 2 aliphatic heterocycles. The van der Waals surface area contributed by atoms with Crippen LogP contribution < -0.4 is 0 Å². The molecule has 0 aliphatic carbocycles. The Morgan fingerprint density at radius 1 is 1.17 bits per heavy atom. The minimum atomic E-state index is -0.297. The molecule has 2 heterocycles. The van der Waals surface area contributed by atoms with E-state index in [4.69, 9.17) is 0 Å². The number of piperidine rings is 1. The topological polar surface area (TPSA) is 35.9 Å². The summed E-state index contributed by atoms with van der Waals surface area (Å²) in [5, 5.41) is 6.28. The Bertz CT molecular complexity index is 971. The Balaban J connectivity index is 1.66. The number of aryl methyl sites for hydroxylation is 2. The van der Waals surface area contributed by atoms with Gasteiger partial charge in [0.05, 0.1) is 18.3 Å². The number of carbonyl (C=O) groups excluding carboxylic acids is 1. The monoisotopic (exact) mass is 407 g/mol. The van der Waals surface area contributed by atoms with Crippen LogP contribution in [0.3, 0.4) is 0 Å². The minimum absolute atomic E-state index is 0.0138. The molecular weight excluding hydrogens is 377 g/mol. The lowest BCUT2D eigenvalue weighted by Gasteiger charge is -2.34. The molecule has 2 unspecified atom stereocenters. The molecular formula is C25H30FN3O. The largest absolute Gasteiger partial charge is 0.292 e. The van der Waals surface area contributed by atoms with E-state index in [2.05, 4.69) is 49.0 Å². The van der Waals surface area contributed by atoms with Crippen LogP contribution in [-0.2, 0) is 4.79 Å². The first-order valence-electron chi connectivity index (χ1n) is 10.9. The van der Waals surface area contributed by atoms with Crippen LogP contribution in [0.25, 0.3) is 0 Å². The molecule has 1 saturated heterocycles. The molecule has 1 fully saturated rings. The molecule has 0 aromatic heterocycles. The van der Waals surface area contributed by atoms with E-state index >= 15 is 0 Å². The van der Waals surface area contributed by atoms with Gasteiger partial charge in [0.1, 0.15) is 5.82 Å². The number of likely N-dealkylation sites (tertiary alicyclic amines) is 1. The van der Waals surface area contributed by atoms with E-state index in [0.717, 1.165) is 30.5 Å². The van der Waals surface area contributed by atoms with Gasteiger partial charge in [-0.05, 0) is 57.4 Å². The number of nitrogens with zero attached hydrogens (tertiary/aromatic N) is 3. The van der Waals surface area contributed by atoms with Gasteiger partial charge in [-0.2, -0.15) is 5.10 Å². The predicted molar refractivity (Wildman–Crippen MR) is 118 cm³/mol. The first-order valence-corrected chi connectivity index (χ1v) is 10.9. The van der Waals surface area contributed by atoms with Gasteiger partial charge in [0.25, 0.3) is 5.91 Å². The van der Waals surface area contributed by atoms with Crippen molar-refractivity contribution in [1.82, 2.24) is 9.91 Å². The van der Waals surface area contributed by atoms with Crippen molar-refractivity contribution in [1.29, 1.82) is 0 Å². The van der Waals surface area contributed by atoms with Crippen LogP contribution >= 0.6 is 0 Å². The highest BCUT2D eigenvalue weighted by atomic mass is 19.1. The van der Waals surface area contributed by atoms with E-state index in [1.807, 2.05) is 6.07 Å². The summed E-state index contributed by atoms with van der Waals surface area (Å²) in [6, 6.07) is 13.2. The first-order chi connectivity index (χ1) is 14.4. The van der Waals surface area contributed by atoms with Crippen LogP contribution in [-0.4, -0.2) is 40.7 Å². The molecule has 0 bridgehead atoms. The molecule has 0 spiro atoms. The number of hydrogen-bond donors (Lipinski definition) is 0. The molecule has 4 nitrogen and oxygen atoms in total. The maximum atomic E-state index is 14.5. The lowest BCUT2D eigenvalue weighted by atomic mass is 9.94. The van der Waals surface area contributed by atoms with E-state index in [-0.39, 0.29) is 17.8 Å². The van der Waals surface area contributed by atoms with E-state index in [9.17, 15) is 9.18 Å². The van der Waals surface area contributed by atoms with E-state index in [1.165, 1.54) is 18.1 Å². The number of hydrazone groups is 1. The van der Waals surface area contributed by atoms with Crippen molar-refractivity contribution in [2.45, 2.75) is 58.5 Å². The lowest BCUT2D eigenvalue weighted by molar-refractivity contribution is -0.135. The lowest BCUT2D eigenvalue weighted by Crippen LogP contribution is -2.44. The van der Waals surface area contributed by atoms with Crippen LogP contribution in [0.2, 0.25) is 0 Å². The Morgan fingerprint density at radius 3 is 2.70 bits per heavy atom. The van der Waals surface area contributed by atoms with E-state index in [0.29, 0.717) is 30.3 Å². The Kier molecular flexibility index (Phi) is 6.00. The number of hydrogen-bond acceptors (Lipinski definition) is 3. The highest BCUT2D eigenvalue weighted by molar-refractivity contribution is 6.03. The second-order valence-corrected chi connectivity index (χ2v) is 8.66. The van der Waals surface area contributed by atoms with Crippen molar-refractivity contribution in [2.75, 3.05) is 13.1 Å². The summed E-state index contributed by atoms with van der Waals surface area (Å²) in [5.74, 6) is -0.311. The maximum Gasteiger partial charge on any atom is 0.257 e. The molecule has 0 N–H and O–H groups in total. The average molecular weight is 408 g/mol. The van der Waals surface area contributed by atoms with Crippen molar-refractivity contribution < 1.29 is 9.18 Å². The summed E-state index contributed by atoms with van der Waals surface area (Å²) in [6.07, 6.45) is 3.99. The first kappa shape index (κ1) is 20.7. The fraction of sp³-hybridized carbons (Fsp3) is 0.440. The summed E-state index contributed by atoms with van der Waals surface area (Å²) in [6.45, 7) is 7.62. The van der Waals surface area contributed by atoms with Gasteiger partial charge in [-0.3, -0.25) is 9.69 Å². The van der Waals surface area contributed by atoms with Gasteiger partial charge in [0.15, 0.2) is 0 Å². The molecule has 4 rings (SSSR count). The number of benzene rings is 2. The number of rotatable bonds is 4. The van der Waals surface area contributed by atoms with Crippen molar-refractivity contribution in [3.05, 3.63) is 70.5 Å². The number of halogens is 1. The SMILES string of the molecule is Cc1ccc(C2CC(c3ccccc3F)=NN2C(=O)CN2CCCCC2C)c(C)c1. The third-order valence-electron chi connectivity index (χ3n) is 6.41. The van der Waals surface area contributed by atoms with Crippen molar-refractivity contribution in [2.24, 2.45) is 5.10 Å². The molecule has 158 valence electrons. The molecule has 0 radical (unpaired) electrons. The summed E-state index contributed by atoms with van der Waals surface area (Å²) in [4.78, 5) is 15.6. The van der Waals surface area contributed by atoms with Gasteiger partial charge < -0.3 is 0 Å². The highest BCUT2D eigenvalue weighted by Gasteiger charge is 2.35. The van der Waals surface area contributed by atoms with Crippen LogP contribution in [0.15, 0.2) is 47.6 Å². The van der Waals surface area contributed by atoms with Gasteiger partial charge in [-0.1, -0.05) is 48.4 Å². The number of amides is 1. The molecule has 5 heteroatoms. The van der Waals surface area contributed by atoms with Crippen LogP contribution in [0.1, 0.15) is 60.9 Å². The normalized spacial score (nSPS) is 22.3. The summed E-state index contributed by atoms with van der Waals surface area (Å²) in [5.41, 5.74) is 4.52. The smallest absolute Gasteiger partial charge is 0.257 e. The summed E-state index contributed by atoms with van der Waals surface area (Å²) < 4.78 is 14.5. The van der Waals surface area contributed by atoms with Gasteiger partial charge >= 0.3 is 0 Å². The van der Waals surface area contributed by atoms with Crippen LogP contribution in [0, 0.1) is 19.7 Å². The van der Waals surface area contributed by atoms with Crippen LogP contribution in [0.5, 0.6) is 0 Å². The second kappa shape index (κ2) is 8.68. The Hall–Kier alpha value is -2.53. The van der Waals surface area contributed by atoms with E-state index < -0.39 is 0 Å². The maximum absolute atomic E-state index is 14.5. The minimum Gasteiger partial charge on any atom is -0.292 e. The summed E-state index contributed by atoms with van der Waals surface area (Å²) in [7, 11) is 0. The van der Waals surface area contributed by atoms with Gasteiger partial charge in [-0.25, -0.2) is 9.40 Å². The number of carbonyl (C=O) groups is 1. The van der Waals surface area contributed by atoms with E-state index in [1.54, 1.807) is 17.1 Å². The molecule has 30 heavy (non-hydrogen) atoms. The fourth-order valence-corrected chi connectivity index (χ4v) is 4.68. The fourth-order valence-electron chi connectivity index (χ4n) is 4.68.